The summed E-state index contributed by atoms with van der Waals surface area (Å²) in [4.78, 5) is 25.9. The Hall–Kier alpha value is -3.19. The number of aryl methyl sites for hydroxylation is 1. The van der Waals surface area contributed by atoms with E-state index in [0.29, 0.717) is 18.8 Å². The van der Waals surface area contributed by atoms with Crippen LogP contribution in [0.2, 0.25) is 0 Å². The second-order valence-corrected chi connectivity index (χ2v) is 8.25. The van der Waals surface area contributed by atoms with Crippen molar-refractivity contribution in [2.75, 3.05) is 0 Å². The SMILES string of the molecule is CCC1(c2occc2Sc2ccc(OCc3cccc(C)c3)cc2)NC(=O)NC1=O. The molecule has 0 saturated carbocycles. The Morgan fingerprint density at radius 3 is 2.57 bits per heavy atom. The van der Waals surface area contributed by atoms with Gasteiger partial charge in [-0.3, -0.25) is 10.1 Å². The van der Waals surface area contributed by atoms with Crippen LogP contribution in [0.3, 0.4) is 0 Å². The molecule has 3 amide bonds. The number of imide groups is 1. The molecule has 4 rings (SSSR count). The van der Waals surface area contributed by atoms with Gasteiger partial charge >= 0.3 is 6.03 Å². The summed E-state index contributed by atoms with van der Waals surface area (Å²) in [5.41, 5.74) is 1.15. The van der Waals surface area contributed by atoms with Crippen molar-refractivity contribution in [3.63, 3.8) is 0 Å². The molecule has 6 nitrogen and oxygen atoms in total. The van der Waals surface area contributed by atoms with Crippen LogP contribution < -0.4 is 15.4 Å². The maximum absolute atomic E-state index is 12.4. The molecule has 2 heterocycles. The topological polar surface area (TPSA) is 80.6 Å². The minimum Gasteiger partial charge on any atom is -0.489 e. The summed E-state index contributed by atoms with van der Waals surface area (Å²) in [7, 11) is 0. The zero-order valence-corrected chi connectivity index (χ0v) is 17.5. The first-order valence-electron chi connectivity index (χ1n) is 9.68. The molecular weight excluding hydrogens is 400 g/mol. The minimum absolute atomic E-state index is 0.386. The van der Waals surface area contributed by atoms with Gasteiger partial charge in [0.15, 0.2) is 11.3 Å². The van der Waals surface area contributed by atoms with E-state index in [2.05, 4.69) is 29.7 Å². The van der Waals surface area contributed by atoms with Crippen molar-refractivity contribution in [1.82, 2.24) is 10.6 Å². The van der Waals surface area contributed by atoms with Gasteiger partial charge in [0.25, 0.3) is 5.91 Å². The van der Waals surface area contributed by atoms with Gasteiger partial charge in [0.1, 0.15) is 12.4 Å². The lowest BCUT2D eigenvalue weighted by Gasteiger charge is -2.23. The van der Waals surface area contributed by atoms with Crippen molar-refractivity contribution in [3.05, 3.63) is 77.7 Å². The largest absolute Gasteiger partial charge is 0.489 e. The van der Waals surface area contributed by atoms with E-state index in [1.807, 2.05) is 43.3 Å². The number of furan rings is 1. The van der Waals surface area contributed by atoms with Gasteiger partial charge in [0.05, 0.1) is 11.2 Å². The molecule has 1 fully saturated rings. The van der Waals surface area contributed by atoms with Gasteiger partial charge in [0.2, 0.25) is 0 Å². The molecule has 1 unspecified atom stereocenters. The predicted molar refractivity (Wildman–Crippen MR) is 113 cm³/mol. The maximum Gasteiger partial charge on any atom is 0.322 e. The first-order chi connectivity index (χ1) is 14.5. The van der Waals surface area contributed by atoms with E-state index in [1.54, 1.807) is 6.07 Å². The molecule has 2 aromatic carbocycles. The molecule has 7 heteroatoms. The molecule has 1 aliphatic heterocycles. The normalized spacial score (nSPS) is 18.2. The number of nitrogens with one attached hydrogen (secondary N) is 2. The number of urea groups is 1. The highest BCUT2D eigenvalue weighted by atomic mass is 32.2. The van der Waals surface area contributed by atoms with Crippen LogP contribution in [0.1, 0.15) is 30.2 Å². The summed E-state index contributed by atoms with van der Waals surface area (Å²) in [6.45, 7) is 4.40. The predicted octanol–water partition coefficient (Wildman–Crippen LogP) is 4.76. The highest BCUT2D eigenvalue weighted by Crippen LogP contribution is 2.39. The van der Waals surface area contributed by atoms with Crippen LogP contribution in [0, 0.1) is 6.92 Å². The quantitative estimate of drug-likeness (QED) is 0.537. The Morgan fingerprint density at radius 2 is 1.90 bits per heavy atom. The number of amides is 3. The van der Waals surface area contributed by atoms with Crippen molar-refractivity contribution < 1.29 is 18.7 Å². The first-order valence-corrected chi connectivity index (χ1v) is 10.5. The summed E-state index contributed by atoms with van der Waals surface area (Å²) < 4.78 is 11.5. The van der Waals surface area contributed by atoms with E-state index >= 15 is 0 Å². The zero-order valence-electron chi connectivity index (χ0n) is 16.7. The van der Waals surface area contributed by atoms with Crippen molar-refractivity contribution in [2.45, 2.75) is 42.2 Å². The van der Waals surface area contributed by atoms with Crippen LogP contribution in [-0.2, 0) is 16.9 Å². The number of carbonyl (C=O) groups is 2. The standard InChI is InChI=1S/C23H22N2O4S/c1-3-23(21(26)24-22(27)25-23)20-19(11-12-28-20)30-18-9-7-17(8-10-18)29-14-16-6-4-5-15(2)13-16/h4-13H,3,14H2,1-2H3,(H2,24,25,26,27). The number of carbonyl (C=O) groups excluding carboxylic acids is 2. The van der Waals surface area contributed by atoms with E-state index in [1.165, 1.54) is 23.6 Å². The molecule has 0 aliphatic carbocycles. The number of hydrogen-bond donors (Lipinski definition) is 2. The lowest BCUT2D eigenvalue weighted by molar-refractivity contribution is -0.125. The van der Waals surface area contributed by atoms with E-state index in [9.17, 15) is 9.59 Å². The third-order valence-corrected chi connectivity index (χ3v) is 6.08. The van der Waals surface area contributed by atoms with E-state index in [4.69, 9.17) is 9.15 Å². The molecular formula is C23H22N2O4S. The molecule has 1 aliphatic rings. The van der Waals surface area contributed by atoms with E-state index < -0.39 is 17.5 Å². The van der Waals surface area contributed by atoms with Crippen LogP contribution in [0.4, 0.5) is 4.79 Å². The first kappa shape index (κ1) is 20.1. The molecule has 30 heavy (non-hydrogen) atoms. The molecule has 0 bridgehead atoms. The molecule has 1 atom stereocenters. The van der Waals surface area contributed by atoms with Gasteiger partial charge in [-0.05, 0) is 49.2 Å². The van der Waals surface area contributed by atoms with Crippen LogP contribution in [0.25, 0.3) is 0 Å². The summed E-state index contributed by atoms with van der Waals surface area (Å²) in [5.74, 6) is 0.825. The average molecular weight is 423 g/mol. The monoisotopic (exact) mass is 422 g/mol. The van der Waals surface area contributed by atoms with Gasteiger partial charge in [-0.1, -0.05) is 48.5 Å². The Balaban J connectivity index is 1.46. The maximum atomic E-state index is 12.4. The minimum atomic E-state index is -1.18. The molecule has 154 valence electrons. The molecule has 2 N–H and O–H groups in total. The van der Waals surface area contributed by atoms with Crippen molar-refractivity contribution >= 4 is 23.7 Å². The number of hydrogen-bond acceptors (Lipinski definition) is 5. The molecule has 3 aromatic rings. The van der Waals surface area contributed by atoms with Crippen molar-refractivity contribution in [1.29, 1.82) is 0 Å². The Morgan fingerprint density at radius 1 is 1.10 bits per heavy atom. The highest BCUT2D eigenvalue weighted by Gasteiger charge is 2.50. The summed E-state index contributed by atoms with van der Waals surface area (Å²) >= 11 is 1.47. The molecule has 0 radical (unpaired) electrons. The third kappa shape index (κ3) is 3.93. The Labute approximate surface area is 179 Å². The lowest BCUT2D eigenvalue weighted by Crippen LogP contribution is -2.43. The Bertz CT molecular complexity index is 1080. The highest BCUT2D eigenvalue weighted by molar-refractivity contribution is 7.99. The van der Waals surface area contributed by atoms with Gasteiger partial charge < -0.3 is 14.5 Å². The molecule has 1 saturated heterocycles. The smallest absolute Gasteiger partial charge is 0.322 e. The molecule has 0 spiro atoms. The lowest BCUT2D eigenvalue weighted by atomic mass is 9.93. The molecule has 1 aromatic heterocycles. The second-order valence-electron chi connectivity index (χ2n) is 7.13. The van der Waals surface area contributed by atoms with Crippen LogP contribution in [-0.4, -0.2) is 11.9 Å². The van der Waals surface area contributed by atoms with E-state index in [0.717, 1.165) is 21.1 Å². The summed E-state index contributed by atoms with van der Waals surface area (Å²) in [6, 6.07) is 17.3. The fourth-order valence-electron chi connectivity index (χ4n) is 3.45. The number of rotatable bonds is 7. The summed E-state index contributed by atoms with van der Waals surface area (Å²) in [6.07, 6.45) is 1.92. The fraction of sp³-hybridized carbons (Fsp3) is 0.217. The number of benzene rings is 2. The van der Waals surface area contributed by atoms with Crippen molar-refractivity contribution in [3.8, 4) is 5.75 Å². The van der Waals surface area contributed by atoms with Crippen LogP contribution >= 0.6 is 11.8 Å². The zero-order chi connectivity index (χ0) is 21.1. The average Bonchev–Trinajstić information content (AvgIpc) is 3.31. The van der Waals surface area contributed by atoms with Crippen LogP contribution in [0.5, 0.6) is 5.75 Å². The van der Waals surface area contributed by atoms with Crippen molar-refractivity contribution in [2.24, 2.45) is 0 Å². The van der Waals surface area contributed by atoms with E-state index in [-0.39, 0.29) is 0 Å². The van der Waals surface area contributed by atoms with Crippen LogP contribution in [0.15, 0.2) is 75.1 Å². The number of ether oxygens (including phenoxy) is 1. The third-order valence-electron chi connectivity index (χ3n) is 5.03. The summed E-state index contributed by atoms with van der Waals surface area (Å²) in [5, 5.41) is 5.02. The van der Waals surface area contributed by atoms with Gasteiger partial charge in [-0.2, -0.15) is 0 Å². The fourth-order valence-corrected chi connectivity index (χ4v) is 4.41. The van der Waals surface area contributed by atoms with Gasteiger partial charge in [-0.15, -0.1) is 0 Å². The van der Waals surface area contributed by atoms with Gasteiger partial charge in [0, 0.05) is 4.90 Å². The second kappa shape index (κ2) is 8.28. The Kier molecular flexibility index (Phi) is 5.55. The van der Waals surface area contributed by atoms with Gasteiger partial charge in [-0.25, -0.2) is 4.79 Å².